The molecule has 1 aromatic rings. The van der Waals surface area contributed by atoms with Crippen LogP contribution in [0.1, 0.15) is 25.8 Å². The van der Waals surface area contributed by atoms with Crippen LogP contribution < -0.4 is 5.32 Å². The van der Waals surface area contributed by atoms with E-state index < -0.39 is 23.6 Å². The Morgan fingerprint density at radius 1 is 1.48 bits per heavy atom. The van der Waals surface area contributed by atoms with Crippen LogP contribution in [0.25, 0.3) is 0 Å². The summed E-state index contributed by atoms with van der Waals surface area (Å²) in [7, 11) is 0. The Labute approximate surface area is 125 Å². The Morgan fingerprint density at radius 2 is 2.10 bits per heavy atom. The van der Waals surface area contributed by atoms with Crippen LogP contribution in [0.5, 0.6) is 0 Å². The summed E-state index contributed by atoms with van der Waals surface area (Å²) in [5.74, 6) is -1.41. The summed E-state index contributed by atoms with van der Waals surface area (Å²) in [4.78, 5) is 14.7. The highest BCUT2D eigenvalue weighted by Gasteiger charge is 2.31. The number of hydrogen-bond acceptors (Lipinski definition) is 3. The van der Waals surface area contributed by atoms with Gasteiger partial charge in [-0.3, -0.25) is 4.79 Å². The van der Waals surface area contributed by atoms with E-state index >= 15 is 0 Å². The monoisotopic (exact) mass is 324 g/mol. The van der Waals surface area contributed by atoms with Crippen LogP contribution in [-0.2, 0) is 11.0 Å². The molecule has 8 heteroatoms. The third kappa shape index (κ3) is 5.41. The smallest absolute Gasteiger partial charge is 0.417 e. The van der Waals surface area contributed by atoms with E-state index in [9.17, 15) is 18.0 Å². The van der Waals surface area contributed by atoms with Crippen LogP contribution in [0.4, 0.5) is 19.0 Å². The largest absolute Gasteiger partial charge is 0.481 e. The highest BCUT2D eigenvalue weighted by atomic mass is 35.5. The molecule has 0 spiro atoms. The average Bonchev–Trinajstić information content (AvgIpc) is 2.33. The minimum atomic E-state index is -4.52. The van der Waals surface area contributed by atoms with Crippen LogP contribution in [-0.4, -0.2) is 22.6 Å². The third-order valence-electron chi connectivity index (χ3n) is 2.79. The number of aromatic nitrogens is 1. The molecular formula is C13H16ClF3N2O2. The molecule has 0 aliphatic carbocycles. The van der Waals surface area contributed by atoms with Gasteiger partial charge in [0.15, 0.2) is 0 Å². The molecule has 0 bridgehead atoms. The number of pyridine rings is 1. The fourth-order valence-corrected chi connectivity index (χ4v) is 2.02. The van der Waals surface area contributed by atoms with Crippen LogP contribution in [0, 0.1) is 11.8 Å². The number of aliphatic carboxylic acids is 1. The summed E-state index contributed by atoms with van der Waals surface area (Å²) in [5.41, 5.74) is -0.949. The van der Waals surface area contributed by atoms with Gasteiger partial charge >= 0.3 is 12.1 Å². The van der Waals surface area contributed by atoms with Gasteiger partial charge in [0.25, 0.3) is 0 Å². The number of nitrogens with zero attached hydrogens (tertiary/aromatic N) is 1. The Bertz CT molecular complexity index is 507. The second-order valence-electron chi connectivity index (χ2n) is 5.10. The van der Waals surface area contributed by atoms with E-state index in [4.69, 9.17) is 16.7 Å². The first kappa shape index (κ1) is 17.6. The first-order valence-electron chi connectivity index (χ1n) is 6.30. The summed E-state index contributed by atoms with van der Waals surface area (Å²) in [6.45, 7) is 3.82. The number of carboxylic acid groups (broad SMARTS) is 1. The van der Waals surface area contributed by atoms with Crippen molar-refractivity contribution < 1.29 is 23.1 Å². The highest BCUT2D eigenvalue weighted by molar-refractivity contribution is 6.32. The molecule has 21 heavy (non-hydrogen) atoms. The van der Waals surface area contributed by atoms with Gasteiger partial charge in [-0.1, -0.05) is 25.4 Å². The lowest BCUT2D eigenvalue weighted by Crippen LogP contribution is -2.25. The lowest BCUT2D eigenvalue weighted by atomic mass is 9.97. The molecule has 1 atom stereocenters. The quantitative estimate of drug-likeness (QED) is 0.832. The molecule has 0 fully saturated rings. The normalized spacial score (nSPS) is 13.3. The summed E-state index contributed by atoms with van der Waals surface area (Å²) >= 11 is 5.73. The summed E-state index contributed by atoms with van der Waals surface area (Å²) in [6, 6.07) is 0.759. The van der Waals surface area contributed by atoms with Gasteiger partial charge in [-0.15, -0.1) is 0 Å². The maximum Gasteiger partial charge on any atom is 0.417 e. The van der Waals surface area contributed by atoms with Crippen molar-refractivity contribution >= 4 is 23.4 Å². The molecule has 0 saturated carbocycles. The van der Waals surface area contributed by atoms with Crippen molar-refractivity contribution in [2.24, 2.45) is 11.8 Å². The minimum absolute atomic E-state index is 0.0414. The van der Waals surface area contributed by atoms with E-state index in [0.29, 0.717) is 12.6 Å². The van der Waals surface area contributed by atoms with E-state index in [1.807, 2.05) is 13.8 Å². The van der Waals surface area contributed by atoms with Crippen LogP contribution in [0.15, 0.2) is 12.3 Å². The lowest BCUT2D eigenvalue weighted by molar-refractivity contribution is -0.141. The summed E-state index contributed by atoms with van der Waals surface area (Å²) in [6.07, 6.45) is -3.41. The van der Waals surface area contributed by atoms with Crippen LogP contribution >= 0.6 is 11.6 Å². The van der Waals surface area contributed by atoms with Gasteiger partial charge < -0.3 is 10.4 Å². The van der Waals surface area contributed by atoms with Crippen molar-refractivity contribution in [3.63, 3.8) is 0 Å². The number of halogens is 4. The first-order chi connectivity index (χ1) is 9.61. The molecule has 0 aromatic carbocycles. The van der Waals surface area contributed by atoms with E-state index in [1.54, 1.807) is 0 Å². The van der Waals surface area contributed by atoms with Crippen molar-refractivity contribution in [3.8, 4) is 0 Å². The van der Waals surface area contributed by atoms with Crippen molar-refractivity contribution in [3.05, 3.63) is 22.8 Å². The maximum absolute atomic E-state index is 12.5. The van der Waals surface area contributed by atoms with Gasteiger partial charge in [-0.05, 0) is 18.4 Å². The van der Waals surface area contributed by atoms with Gasteiger partial charge in [-0.2, -0.15) is 13.2 Å². The number of hydrogen-bond donors (Lipinski definition) is 2. The van der Waals surface area contributed by atoms with Crippen molar-refractivity contribution in [2.75, 3.05) is 11.9 Å². The molecule has 118 valence electrons. The lowest BCUT2D eigenvalue weighted by Gasteiger charge is -2.16. The van der Waals surface area contributed by atoms with Crippen molar-refractivity contribution in [1.82, 2.24) is 4.98 Å². The molecule has 1 aromatic heterocycles. The van der Waals surface area contributed by atoms with Gasteiger partial charge in [0.2, 0.25) is 0 Å². The molecular weight excluding hydrogens is 309 g/mol. The topological polar surface area (TPSA) is 62.2 Å². The number of anilines is 1. The Morgan fingerprint density at radius 3 is 2.52 bits per heavy atom. The second-order valence-corrected chi connectivity index (χ2v) is 5.50. The standard InChI is InChI=1S/C13H16ClF3N2O2/c1-7(2)3-8(12(20)21)5-18-11-10(14)4-9(6-19-11)13(15,16)17/h4,6-8H,3,5H2,1-2H3,(H,18,19)(H,20,21). The molecule has 4 nitrogen and oxygen atoms in total. The molecule has 1 heterocycles. The molecule has 0 saturated heterocycles. The SMILES string of the molecule is CC(C)CC(CNc1ncc(C(F)(F)F)cc1Cl)C(=O)O. The Balaban J connectivity index is 2.77. The second kappa shape index (κ2) is 6.98. The molecule has 0 aliphatic rings. The minimum Gasteiger partial charge on any atom is -0.481 e. The van der Waals surface area contributed by atoms with Crippen molar-refractivity contribution in [1.29, 1.82) is 0 Å². The number of rotatable bonds is 6. The summed E-state index contributed by atoms with van der Waals surface area (Å²) in [5, 5.41) is 11.6. The molecule has 0 amide bonds. The number of alkyl halides is 3. The maximum atomic E-state index is 12.5. The van der Waals surface area contributed by atoms with E-state index in [0.717, 1.165) is 6.07 Å². The van der Waals surface area contributed by atoms with E-state index in [-0.39, 0.29) is 23.3 Å². The zero-order chi connectivity index (χ0) is 16.2. The van der Waals surface area contributed by atoms with Gasteiger partial charge in [0.1, 0.15) is 5.82 Å². The Kier molecular flexibility index (Phi) is 5.83. The van der Waals surface area contributed by atoms with Crippen LogP contribution in [0.2, 0.25) is 5.02 Å². The van der Waals surface area contributed by atoms with E-state index in [1.165, 1.54) is 0 Å². The first-order valence-corrected chi connectivity index (χ1v) is 6.68. The molecule has 1 rings (SSSR count). The zero-order valence-electron chi connectivity index (χ0n) is 11.5. The van der Waals surface area contributed by atoms with E-state index in [2.05, 4.69) is 10.3 Å². The third-order valence-corrected chi connectivity index (χ3v) is 3.08. The molecule has 2 N–H and O–H groups in total. The zero-order valence-corrected chi connectivity index (χ0v) is 12.3. The number of carboxylic acids is 1. The van der Waals surface area contributed by atoms with Crippen molar-refractivity contribution in [2.45, 2.75) is 26.4 Å². The molecule has 0 radical (unpaired) electrons. The number of nitrogens with one attached hydrogen (secondary N) is 1. The molecule has 0 aliphatic heterocycles. The molecule has 1 unspecified atom stereocenters. The highest BCUT2D eigenvalue weighted by Crippen LogP contribution is 2.32. The van der Waals surface area contributed by atoms with Gasteiger partial charge in [0, 0.05) is 12.7 Å². The predicted octanol–water partition coefficient (Wildman–Crippen LogP) is 3.91. The summed E-state index contributed by atoms with van der Waals surface area (Å²) < 4.78 is 37.4. The number of carbonyl (C=O) groups is 1. The Hall–Kier alpha value is -1.50. The fraction of sp³-hybridized carbons (Fsp3) is 0.538. The van der Waals surface area contributed by atoms with Crippen LogP contribution in [0.3, 0.4) is 0 Å². The average molecular weight is 325 g/mol. The predicted molar refractivity (Wildman–Crippen MR) is 73.3 cm³/mol. The van der Waals surface area contributed by atoms with Gasteiger partial charge in [0.05, 0.1) is 16.5 Å². The van der Waals surface area contributed by atoms with Gasteiger partial charge in [-0.25, -0.2) is 4.98 Å². The fourth-order valence-electron chi connectivity index (χ4n) is 1.78.